The van der Waals surface area contributed by atoms with Gasteiger partial charge < -0.3 is 19.1 Å². The lowest BCUT2D eigenvalue weighted by atomic mass is 10.2. The summed E-state index contributed by atoms with van der Waals surface area (Å²) < 4.78 is 12.9. The van der Waals surface area contributed by atoms with E-state index in [0.717, 1.165) is 6.54 Å². The first-order chi connectivity index (χ1) is 9.33. The van der Waals surface area contributed by atoms with Crippen molar-refractivity contribution < 1.29 is 14.6 Å². The number of rotatable bonds is 8. The van der Waals surface area contributed by atoms with E-state index in [2.05, 4.69) is 41.8 Å². The topological polar surface area (TPSA) is 43.6 Å². The van der Waals surface area contributed by atoms with Crippen molar-refractivity contribution in [3.8, 4) is 0 Å². The Morgan fingerprint density at radius 1 is 1.05 bits per heavy atom. The van der Waals surface area contributed by atoms with Crippen LogP contribution in [0.3, 0.4) is 0 Å². The maximum atomic E-state index is 8.56. The molecule has 0 bridgehead atoms. The average molecular weight is 263 g/mol. The fourth-order valence-corrected chi connectivity index (χ4v) is 2.19. The third-order valence-electron chi connectivity index (χ3n) is 3.08. The minimum atomic E-state index is 0.0640. The van der Waals surface area contributed by atoms with Gasteiger partial charge in [0.2, 0.25) is 0 Å². The second kappa shape index (κ2) is 7.28. The lowest BCUT2D eigenvalue weighted by Crippen LogP contribution is -2.11. The summed E-state index contributed by atoms with van der Waals surface area (Å²) in [6, 6.07) is 10.6. The molecule has 0 aliphatic heterocycles. The van der Waals surface area contributed by atoms with Crippen molar-refractivity contribution in [3.05, 3.63) is 36.0 Å². The maximum absolute atomic E-state index is 8.56. The summed E-state index contributed by atoms with van der Waals surface area (Å²) in [7, 11) is 0. The van der Waals surface area contributed by atoms with Crippen molar-refractivity contribution in [2.45, 2.75) is 13.5 Å². The summed E-state index contributed by atoms with van der Waals surface area (Å²) in [5.41, 5.74) is 2.50. The molecule has 0 aliphatic rings. The molecule has 0 saturated heterocycles. The highest BCUT2D eigenvalue weighted by molar-refractivity contribution is 5.81. The van der Waals surface area contributed by atoms with Gasteiger partial charge in [-0.1, -0.05) is 18.2 Å². The van der Waals surface area contributed by atoms with E-state index >= 15 is 0 Å². The Kier molecular flexibility index (Phi) is 5.39. The number of hydrogen-bond acceptors (Lipinski definition) is 3. The second-order valence-corrected chi connectivity index (χ2v) is 4.44. The molecule has 0 aliphatic carbocycles. The van der Waals surface area contributed by atoms with Gasteiger partial charge >= 0.3 is 0 Å². The fourth-order valence-electron chi connectivity index (χ4n) is 2.19. The van der Waals surface area contributed by atoms with E-state index in [1.54, 1.807) is 0 Å². The van der Waals surface area contributed by atoms with Crippen molar-refractivity contribution in [2.75, 3.05) is 33.0 Å². The van der Waals surface area contributed by atoms with E-state index in [0.29, 0.717) is 26.4 Å². The third-order valence-corrected chi connectivity index (χ3v) is 3.08. The highest BCUT2D eigenvalue weighted by Gasteiger charge is 2.04. The van der Waals surface area contributed by atoms with Crippen LogP contribution in [0.2, 0.25) is 0 Å². The third kappa shape index (κ3) is 3.80. The summed E-state index contributed by atoms with van der Waals surface area (Å²) in [4.78, 5) is 0. The number of fused-ring (bicyclic) bond motifs is 1. The van der Waals surface area contributed by atoms with Crippen molar-refractivity contribution >= 4 is 10.9 Å². The quantitative estimate of drug-likeness (QED) is 0.741. The highest BCUT2D eigenvalue weighted by Crippen LogP contribution is 2.18. The summed E-state index contributed by atoms with van der Waals surface area (Å²) in [6.45, 7) is 5.18. The molecule has 104 valence electrons. The first-order valence-corrected chi connectivity index (χ1v) is 6.64. The number of ether oxygens (including phenoxy) is 2. The lowest BCUT2D eigenvalue weighted by Gasteiger charge is -2.09. The van der Waals surface area contributed by atoms with Crippen LogP contribution < -0.4 is 0 Å². The molecule has 2 aromatic rings. The van der Waals surface area contributed by atoms with E-state index in [1.165, 1.54) is 16.6 Å². The predicted octanol–water partition coefficient (Wildman–Crippen LogP) is 1.98. The van der Waals surface area contributed by atoms with Crippen molar-refractivity contribution in [1.82, 2.24) is 4.57 Å². The largest absolute Gasteiger partial charge is 0.394 e. The Morgan fingerprint density at radius 2 is 1.79 bits per heavy atom. The summed E-state index contributed by atoms with van der Waals surface area (Å²) >= 11 is 0. The number of para-hydroxylation sites is 1. The normalized spacial score (nSPS) is 11.3. The van der Waals surface area contributed by atoms with Crippen molar-refractivity contribution in [3.63, 3.8) is 0 Å². The van der Waals surface area contributed by atoms with E-state index in [-0.39, 0.29) is 6.61 Å². The Balaban J connectivity index is 1.80. The molecule has 0 fully saturated rings. The zero-order valence-corrected chi connectivity index (χ0v) is 11.3. The Labute approximate surface area is 113 Å². The second-order valence-electron chi connectivity index (χ2n) is 4.44. The van der Waals surface area contributed by atoms with Crippen LogP contribution in [0.4, 0.5) is 0 Å². The number of hydrogen-bond donors (Lipinski definition) is 1. The number of aryl methyl sites for hydroxylation is 1. The summed E-state index contributed by atoms with van der Waals surface area (Å²) in [5.74, 6) is 0. The molecule has 4 nitrogen and oxygen atoms in total. The molecule has 0 atom stereocenters. The van der Waals surface area contributed by atoms with E-state index in [1.807, 2.05) is 0 Å². The van der Waals surface area contributed by atoms with Crippen LogP contribution in [0.5, 0.6) is 0 Å². The summed E-state index contributed by atoms with van der Waals surface area (Å²) in [5, 5.41) is 9.83. The lowest BCUT2D eigenvalue weighted by molar-refractivity contribution is 0.0311. The van der Waals surface area contributed by atoms with E-state index in [9.17, 15) is 0 Å². The van der Waals surface area contributed by atoms with Crippen LogP contribution in [0.1, 0.15) is 5.69 Å². The number of aromatic nitrogens is 1. The van der Waals surface area contributed by atoms with Gasteiger partial charge in [0.05, 0.1) is 33.0 Å². The van der Waals surface area contributed by atoms with Gasteiger partial charge in [-0.3, -0.25) is 0 Å². The maximum Gasteiger partial charge on any atom is 0.0701 e. The van der Waals surface area contributed by atoms with Crippen molar-refractivity contribution in [2.24, 2.45) is 0 Å². The molecular formula is C15H21NO3. The molecule has 0 radical (unpaired) electrons. The zero-order valence-electron chi connectivity index (χ0n) is 11.3. The zero-order chi connectivity index (χ0) is 13.5. The Bertz CT molecular complexity index is 507. The van der Waals surface area contributed by atoms with Gasteiger partial charge in [-0.2, -0.15) is 0 Å². The minimum Gasteiger partial charge on any atom is -0.394 e. The van der Waals surface area contributed by atoms with E-state index < -0.39 is 0 Å². The first-order valence-electron chi connectivity index (χ1n) is 6.64. The van der Waals surface area contributed by atoms with Crippen LogP contribution in [-0.4, -0.2) is 42.7 Å². The van der Waals surface area contributed by atoms with Gasteiger partial charge in [0.1, 0.15) is 0 Å². The molecule has 0 saturated carbocycles. The SMILES string of the molecule is Cc1cc2ccccc2n1CCOCCOCCO. The molecule has 1 N–H and O–H groups in total. The molecule has 0 spiro atoms. The van der Waals surface area contributed by atoms with Crippen LogP contribution in [-0.2, 0) is 16.0 Å². The predicted molar refractivity (Wildman–Crippen MR) is 75.4 cm³/mol. The Morgan fingerprint density at radius 3 is 2.58 bits per heavy atom. The molecule has 1 aromatic heterocycles. The van der Waals surface area contributed by atoms with Gasteiger partial charge in [-0.15, -0.1) is 0 Å². The van der Waals surface area contributed by atoms with Crippen molar-refractivity contribution in [1.29, 1.82) is 0 Å². The monoisotopic (exact) mass is 263 g/mol. The number of benzene rings is 1. The fraction of sp³-hybridized carbons (Fsp3) is 0.467. The molecule has 1 aromatic carbocycles. The van der Waals surface area contributed by atoms with Gasteiger partial charge in [0.25, 0.3) is 0 Å². The smallest absolute Gasteiger partial charge is 0.0701 e. The average Bonchev–Trinajstić information content (AvgIpc) is 2.74. The highest BCUT2D eigenvalue weighted by atomic mass is 16.5. The minimum absolute atomic E-state index is 0.0640. The number of nitrogens with zero attached hydrogens (tertiary/aromatic N) is 1. The molecule has 0 unspecified atom stereocenters. The molecule has 4 heteroatoms. The summed E-state index contributed by atoms with van der Waals surface area (Å²) in [6.07, 6.45) is 0. The molecular weight excluding hydrogens is 242 g/mol. The molecule has 0 amide bonds. The Hall–Kier alpha value is -1.36. The van der Waals surface area contributed by atoms with Gasteiger partial charge in [0, 0.05) is 17.8 Å². The van der Waals surface area contributed by atoms with Crippen LogP contribution in [0, 0.1) is 6.92 Å². The first kappa shape index (κ1) is 14.1. The van der Waals surface area contributed by atoms with Crippen LogP contribution >= 0.6 is 0 Å². The standard InChI is InChI=1S/C15H21NO3/c1-13-12-14-4-2-3-5-15(14)16(13)6-8-18-10-11-19-9-7-17/h2-5,12,17H,6-11H2,1H3. The van der Waals surface area contributed by atoms with Gasteiger partial charge in [0.15, 0.2) is 0 Å². The number of aliphatic hydroxyl groups excluding tert-OH is 1. The van der Waals surface area contributed by atoms with E-state index in [4.69, 9.17) is 14.6 Å². The van der Waals surface area contributed by atoms with Crippen LogP contribution in [0.15, 0.2) is 30.3 Å². The molecule has 1 heterocycles. The number of aliphatic hydroxyl groups is 1. The molecule has 19 heavy (non-hydrogen) atoms. The van der Waals surface area contributed by atoms with Gasteiger partial charge in [-0.25, -0.2) is 0 Å². The van der Waals surface area contributed by atoms with Crippen LogP contribution in [0.25, 0.3) is 10.9 Å². The molecule has 2 rings (SSSR count). The van der Waals surface area contributed by atoms with Gasteiger partial charge in [-0.05, 0) is 24.4 Å².